The van der Waals surface area contributed by atoms with Gasteiger partial charge in [-0.15, -0.1) is 0 Å². The average Bonchev–Trinajstić information content (AvgIpc) is 2.73. The second kappa shape index (κ2) is 6.16. The molecule has 1 aliphatic rings. The van der Waals surface area contributed by atoms with Gasteiger partial charge in [-0.25, -0.2) is 5.43 Å². The highest BCUT2D eigenvalue weighted by molar-refractivity contribution is 5.94. The van der Waals surface area contributed by atoms with Crippen LogP contribution in [0.5, 0.6) is 0 Å². The van der Waals surface area contributed by atoms with Crippen molar-refractivity contribution in [1.82, 2.24) is 10.9 Å². The molecule has 1 saturated heterocycles. The summed E-state index contributed by atoms with van der Waals surface area (Å²) < 4.78 is 5.14. The van der Waals surface area contributed by atoms with Gasteiger partial charge < -0.3 is 25.8 Å². The number of aliphatic hydroxyl groups excluding tert-OH is 3. The van der Waals surface area contributed by atoms with Gasteiger partial charge in [0.2, 0.25) is 0 Å². The standard InChI is InChI=1S/C12H17N3O5/c13-7-3-1-6(2-4-7)11(19)14-15-12-10(18)9(17)8(5-16)20-12/h1-4,8-10,12,15-18H,5,13H2,(H,14,19)/t8-,9+,10-,12-/m1/s1. The Labute approximate surface area is 115 Å². The minimum atomic E-state index is -1.25. The molecule has 4 atom stereocenters. The Kier molecular flexibility index (Phi) is 4.53. The van der Waals surface area contributed by atoms with Gasteiger partial charge in [-0.05, 0) is 24.3 Å². The van der Waals surface area contributed by atoms with Crippen molar-refractivity contribution in [1.29, 1.82) is 0 Å². The van der Waals surface area contributed by atoms with Gasteiger partial charge in [-0.2, -0.15) is 0 Å². The van der Waals surface area contributed by atoms with Crippen LogP contribution >= 0.6 is 0 Å². The van der Waals surface area contributed by atoms with Crippen LogP contribution < -0.4 is 16.6 Å². The number of carbonyl (C=O) groups excluding carboxylic acids is 1. The first kappa shape index (κ1) is 14.7. The Morgan fingerprint density at radius 1 is 1.25 bits per heavy atom. The van der Waals surface area contributed by atoms with E-state index in [4.69, 9.17) is 15.6 Å². The van der Waals surface area contributed by atoms with E-state index >= 15 is 0 Å². The van der Waals surface area contributed by atoms with Gasteiger partial charge in [0.25, 0.3) is 5.91 Å². The van der Waals surface area contributed by atoms with Crippen LogP contribution in [0.2, 0.25) is 0 Å². The molecule has 1 aliphatic heterocycles. The van der Waals surface area contributed by atoms with Crippen molar-refractivity contribution in [3.8, 4) is 0 Å². The van der Waals surface area contributed by atoms with E-state index in [0.717, 1.165) is 0 Å². The molecular weight excluding hydrogens is 266 g/mol. The fourth-order valence-electron chi connectivity index (χ4n) is 1.86. The number of ether oxygens (including phenoxy) is 1. The number of hydrazine groups is 1. The third kappa shape index (κ3) is 3.06. The molecule has 8 heteroatoms. The Hall–Kier alpha value is -1.71. The van der Waals surface area contributed by atoms with Crippen LogP contribution in [-0.4, -0.2) is 52.4 Å². The molecule has 1 heterocycles. The number of anilines is 1. The average molecular weight is 283 g/mol. The molecular formula is C12H17N3O5. The lowest BCUT2D eigenvalue weighted by atomic mass is 10.1. The topological polar surface area (TPSA) is 137 Å². The lowest BCUT2D eigenvalue weighted by Gasteiger charge is -2.17. The van der Waals surface area contributed by atoms with Gasteiger partial charge >= 0.3 is 0 Å². The van der Waals surface area contributed by atoms with Gasteiger partial charge in [0.05, 0.1) is 6.61 Å². The van der Waals surface area contributed by atoms with E-state index in [0.29, 0.717) is 11.3 Å². The molecule has 1 aromatic carbocycles. The molecule has 0 bridgehead atoms. The largest absolute Gasteiger partial charge is 0.399 e. The molecule has 0 aromatic heterocycles. The molecule has 0 saturated carbocycles. The van der Waals surface area contributed by atoms with Crippen LogP contribution in [-0.2, 0) is 4.74 Å². The van der Waals surface area contributed by atoms with E-state index in [1.54, 1.807) is 24.3 Å². The van der Waals surface area contributed by atoms with E-state index in [-0.39, 0.29) is 0 Å². The van der Waals surface area contributed by atoms with Crippen molar-refractivity contribution in [3.63, 3.8) is 0 Å². The highest BCUT2D eigenvalue weighted by Crippen LogP contribution is 2.18. The van der Waals surface area contributed by atoms with Crippen molar-refractivity contribution in [2.45, 2.75) is 24.5 Å². The number of amides is 1. The van der Waals surface area contributed by atoms with Crippen LogP contribution in [0.3, 0.4) is 0 Å². The predicted molar refractivity (Wildman–Crippen MR) is 69.2 cm³/mol. The fourth-order valence-corrected chi connectivity index (χ4v) is 1.86. The van der Waals surface area contributed by atoms with Gasteiger partial charge in [0.15, 0.2) is 6.23 Å². The Morgan fingerprint density at radius 3 is 2.45 bits per heavy atom. The predicted octanol–water partition coefficient (Wildman–Crippen LogP) is -2.06. The summed E-state index contributed by atoms with van der Waals surface area (Å²) in [5, 5.41) is 28.1. The van der Waals surface area contributed by atoms with E-state index in [2.05, 4.69) is 10.9 Å². The number of carbonyl (C=O) groups is 1. The molecule has 20 heavy (non-hydrogen) atoms. The zero-order valence-electron chi connectivity index (χ0n) is 10.6. The second-order valence-electron chi connectivity index (χ2n) is 4.48. The van der Waals surface area contributed by atoms with E-state index in [1.165, 1.54) is 0 Å². The summed E-state index contributed by atoms with van der Waals surface area (Å²) in [7, 11) is 0. The van der Waals surface area contributed by atoms with Crippen LogP contribution in [0.4, 0.5) is 5.69 Å². The monoisotopic (exact) mass is 283 g/mol. The van der Waals surface area contributed by atoms with E-state index < -0.39 is 37.1 Å². The molecule has 1 amide bonds. The summed E-state index contributed by atoms with van der Waals surface area (Å²) in [6.07, 6.45) is -4.36. The van der Waals surface area contributed by atoms with Crippen LogP contribution in [0.1, 0.15) is 10.4 Å². The number of hydrogen-bond donors (Lipinski definition) is 6. The number of rotatable bonds is 4. The number of benzene rings is 1. The number of nitrogens with two attached hydrogens (primary N) is 1. The molecule has 8 nitrogen and oxygen atoms in total. The maximum atomic E-state index is 11.8. The summed E-state index contributed by atoms with van der Waals surface area (Å²) >= 11 is 0. The van der Waals surface area contributed by atoms with Crippen molar-refractivity contribution < 1.29 is 24.9 Å². The summed E-state index contributed by atoms with van der Waals surface area (Å²) in [6, 6.07) is 6.26. The third-order valence-electron chi connectivity index (χ3n) is 3.04. The Morgan fingerprint density at radius 2 is 1.90 bits per heavy atom. The summed E-state index contributed by atoms with van der Waals surface area (Å²) in [6.45, 7) is -0.428. The van der Waals surface area contributed by atoms with Gasteiger partial charge in [0, 0.05) is 11.3 Å². The fraction of sp³-hybridized carbons (Fsp3) is 0.417. The summed E-state index contributed by atoms with van der Waals surface area (Å²) in [4.78, 5) is 11.8. The minimum Gasteiger partial charge on any atom is -0.399 e. The lowest BCUT2D eigenvalue weighted by Crippen LogP contribution is -2.49. The maximum absolute atomic E-state index is 11.8. The van der Waals surface area contributed by atoms with Crippen LogP contribution in [0.15, 0.2) is 24.3 Å². The molecule has 0 unspecified atom stereocenters. The number of hydrogen-bond acceptors (Lipinski definition) is 7. The Balaban J connectivity index is 1.89. The Bertz CT molecular complexity index is 467. The van der Waals surface area contributed by atoms with Gasteiger partial charge in [0.1, 0.15) is 18.3 Å². The molecule has 2 rings (SSSR count). The smallest absolute Gasteiger partial charge is 0.265 e. The molecule has 1 aromatic rings. The third-order valence-corrected chi connectivity index (χ3v) is 3.04. The van der Waals surface area contributed by atoms with Crippen molar-refractivity contribution >= 4 is 11.6 Å². The second-order valence-corrected chi connectivity index (χ2v) is 4.48. The van der Waals surface area contributed by atoms with Crippen LogP contribution in [0, 0.1) is 0 Å². The summed E-state index contributed by atoms with van der Waals surface area (Å²) in [5.41, 5.74) is 11.2. The lowest BCUT2D eigenvalue weighted by molar-refractivity contribution is -0.0375. The zero-order valence-corrected chi connectivity index (χ0v) is 10.6. The highest BCUT2D eigenvalue weighted by Gasteiger charge is 2.42. The minimum absolute atomic E-state index is 0.374. The number of nitrogen functional groups attached to an aromatic ring is 1. The first-order chi connectivity index (χ1) is 9.52. The SMILES string of the molecule is Nc1ccc(C(=O)NN[C@@H]2O[C@H](CO)[C@H](O)[C@H]2O)cc1. The normalized spacial score (nSPS) is 29.4. The molecule has 7 N–H and O–H groups in total. The van der Waals surface area contributed by atoms with E-state index in [9.17, 15) is 15.0 Å². The first-order valence-corrected chi connectivity index (χ1v) is 6.07. The number of nitrogens with one attached hydrogen (secondary N) is 2. The highest BCUT2D eigenvalue weighted by atomic mass is 16.6. The zero-order chi connectivity index (χ0) is 14.7. The van der Waals surface area contributed by atoms with Crippen molar-refractivity contribution in [3.05, 3.63) is 29.8 Å². The van der Waals surface area contributed by atoms with Gasteiger partial charge in [-0.1, -0.05) is 0 Å². The van der Waals surface area contributed by atoms with Crippen molar-refractivity contribution in [2.75, 3.05) is 12.3 Å². The first-order valence-electron chi connectivity index (χ1n) is 6.07. The molecule has 0 spiro atoms. The van der Waals surface area contributed by atoms with E-state index in [1.807, 2.05) is 0 Å². The molecule has 0 aliphatic carbocycles. The molecule has 0 radical (unpaired) electrons. The quantitative estimate of drug-likeness (QED) is 0.276. The van der Waals surface area contributed by atoms with Gasteiger partial charge in [-0.3, -0.25) is 10.2 Å². The molecule has 1 fully saturated rings. The molecule has 110 valence electrons. The number of aliphatic hydroxyl groups is 3. The maximum Gasteiger partial charge on any atom is 0.265 e. The van der Waals surface area contributed by atoms with Crippen molar-refractivity contribution in [2.24, 2.45) is 0 Å². The van der Waals surface area contributed by atoms with Crippen LogP contribution in [0.25, 0.3) is 0 Å². The summed E-state index contributed by atoms with van der Waals surface area (Å²) in [5.74, 6) is -0.442.